The molecular formula is C15H23N5. The fourth-order valence-corrected chi connectivity index (χ4v) is 2.29. The van der Waals surface area contributed by atoms with E-state index in [1.807, 2.05) is 26.8 Å². The van der Waals surface area contributed by atoms with Crippen LogP contribution in [0.15, 0.2) is 12.1 Å². The van der Waals surface area contributed by atoms with Crippen molar-refractivity contribution >= 4 is 5.95 Å². The van der Waals surface area contributed by atoms with Crippen LogP contribution in [0.25, 0.3) is 0 Å². The van der Waals surface area contributed by atoms with Gasteiger partial charge in [-0.3, -0.25) is 4.68 Å². The average Bonchev–Trinajstić information content (AvgIpc) is 2.64. The first-order valence-corrected chi connectivity index (χ1v) is 7.01. The minimum atomic E-state index is 0.456. The summed E-state index contributed by atoms with van der Waals surface area (Å²) < 4.78 is 2.06. The molecule has 0 radical (unpaired) electrons. The van der Waals surface area contributed by atoms with Crippen molar-refractivity contribution < 1.29 is 0 Å². The Labute approximate surface area is 120 Å². The number of rotatable bonds is 5. The van der Waals surface area contributed by atoms with E-state index in [-0.39, 0.29) is 0 Å². The van der Waals surface area contributed by atoms with Gasteiger partial charge < -0.3 is 5.32 Å². The highest BCUT2D eigenvalue weighted by atomic mass is 15.3. The molecule has 20 heavy (non-hydrogen) atoms. The molecule has 0 saturated heterocycles. The number of hydrogen-bond acceptors (Lipinski definition) is 4. The van der Waals surface area contributed by atoms with Gasteiger partial charge in [0.05, 0.1) is 5.69 Å². The largest absolute Gasteiger partial charge is 0.354 e. The molecule has 0 aromatic carbocycles. The number of nitrogens with one attached hydrogen (secondary N) is 1. The second-order valence-corrected chi connectivity index (χ2v) is 5.57. The van der Waals surface area contributed by atoms with Crippen molar-refractivity contribution in [2.45, 2.75) is 41.2 Å². The molecule has 5 heteroatoms. The fourth-order valence-electron chi connectivity index (χ4n) is 2.29. The van der Waals surface area contributed by atoms with Gasteiger partial charge in [-0.15, -0.1) is 0 Å². The quantitative estimate of drug-likeness (QED) is 0.910. The zero-order chi connectivity index (χ0) is 14.7. The Morgan fingerprint density at radius 3 is 2.25 bits per heavy atom. The zero-order valence-corrected chi connectivity index (χ0v) is 12.9. The van der Waals surface area contributed by atoms with E-state index in [1.165, 1.54) is 5.69 Å². The summed E-state index contributed by atoms with van der Waals surface area (Å²) in [6.45, 7) is 12.0. The smallest absolute Gasteiger partial charge is 0.223 e. The molecule has 0 aliphatic rings. The van der Waals surface area contributed by atoms with E-state index >= 15 is 0 Å². The minimum Gasteiger partial charge on any atom is -0.354 e. The fraction of sp³-hybridized carbons (Fsp3) is 0.533. The third-order valence-corrected chi connectivity index (χ3v) is 3.18. The van der Waals surface area contributed by atoms with Crippen molar-refractivity contribution in [3.8, 4) is 0 Å². The average molecular weight is 273 g/mol. The van der Waals surface area contributed by atoms with Crippen LogP contribution >= 0.6 is 0 Å². The van der Waals surface area contributed by atoms with Crippen LogP contribution in [0.2, 0.25) is 0 Å². The normalized spacial score (nSPS) is 12.4. The predicted octanol–water partition coefficient (Wildman–Crippen LogP) is 2.65. The van der Waals surface area contributed by atoms with Gasteiger partial charge in [-0.25, -0.2) is 9.97 Å². The van der Waals surface area contributed by atoms with E-state index in [0.717, 1.165) is 30.2 Å². The van der Waals surface area contributed by atoms with Gasteiger partial charge in [-0.05, 0) is 45.7 Å². The first-order chi connectivity index (χ1) is 9.44. The molecule has 1 unspecified atom stereocenters. The van der Waals surface area contributed by atoms with Crippen LogP contribution in [0.1, 0.15) is 29.7 Å². The Kier molecular flexibility index (Phi) is 4.37. The van der Waals surface area contributed by atoms with Crippen LogP contribution in [-0.2, 0) is 6.54 Å². The maximum atomic E-state index is 4.49. The summed E-state index contributed by atoms with van der Waals surface area (Å²) in [4.78, 5) is 8.78. The van der Waals surface area contributed by atoms with Crippen molar-refractivity contribution in [2.75, 3.05) is 11.9 Å². The summed E-state index contributed by atoms with van der Waals surface area (Å²) in [5, 5.41) is 7.80. The monoisotopic (exact) mass is 273 g/mol. The lowest BCUT2D eigenvalue weighted by molar-refractivity contribution is 0.458. The summed E-state index contributed by atoms with van der Waals surface area (Å²) in [6, 6.07) is 4.08. The van der Waals surface area contributed by atoms with Crippen molar-refractivity contribution in [1.82, 2.24) is 19.7 Å². The predicted molar refractivity (Wildman–Crippen MR) is 80.9 cm³/mol. The summed E-state index contributed by atoms with van der Waals surface area (Å²) in [5.74, 6) is 1.17. The van der Waals surface area contributed by atoms with Crippen LogP contribution in [0.5, 0.6) is 0 Å². The highest BCUT2D eigenvalue weighted by molar-refractivity contribution is 5.27. The van der Waals surface area contributed by atoms with Crippen LogP contribution in [0.3, 0.4) is 0 Å². The molecule has 2 heterocycles. The molecule has 2 aromatic heterocycles. The summed E-state index contributed by atoms with van der Waals surface area (Å²) in [5.41, 5.74) is 4.26. The molecule has 2 rings (SSSR count). The van der Waals surface area contributed by atoms with E-state index in [4.69, 9.17) is 0 Å². The Balaban J connectivity index is 1.92. The highest BCUT2D eigenvalue weighted by Gasteiger charge is 2.08. The van der Waals surface area contributed by atoms with Crippen molar-refractivity contribution in [3.05, 3.63) is 34.9 Å². The molecule has 0 saturated carbocycles. The van der Waals surface area contributed by atoms with Gasteiger partial charge in [-0.1, -0.05) is 6.92 Å². The molecule has 0 fully saturated rings. The standard InChI is InChI=1S/C15H23N5/c1-10(9-20-14(5)7-13(4)19-20)8-16-15-17-11(2)6-12(3)18-15/h6-7,10H,8-9H2,1-5H3,(H,16,17,18). The second kappa shape index (κ2) is 6.03. The number of hydrogen-bond donors (Lipinski definition) is 1. The van der Waals surface area contributed by atoms with Gasteiger partial charge in [0.2, 0.25) is 5.95 Å². The Hall–Kier alpha value is -1.91. The van der Waals surface area contributed by atoms with Crippen LogP contribution in [0.4, 0.5) is 5.95 Å². The van der Waals surface area contributed by atoms with E-state index < -0.39 is 0 Å². The van der Waals surface area contributed by atoms with E-state index in [0.29, 0.717) is 11.9 Å². The van der Waals surface area contributed by atoms with Gasteiger partial charge in [0.1, 0.15) is 0 Å². The van der Waals surface area contributed by atoms with Crippen LogP contribution in [-0.4, -0.2) is 26.3 Å². The SMILES string of the molecule is Cc1cc(C)nc(NCC(C)Cn2nc(C)cc2C)n1. The van der Waals surface area contributed by atoms with E-state index in [1.54, 1.807) is 0 Å². The highest BCUT2D eigenvalue weighted by Crippen LogP contribution is 2.08. The zero-order valence-electron chi connectivity index (χ0n) is 12.9. The molecule has 0 aliphatic heterocycles. The van der Waals surface area contributed by atoms with Crippen molar-refractivity contribution in [3.63, 3.8) is 0 Å². The lowest BCUT2D eigenvalue weighted by Gasteiger charge is -2.14. The maximum Gasteiger partial charge on any atom is 0.223 e. The van der Waals surface area contributed by atoms with Gasteiger partial charge in [0, 0.05) is 30.2 Å². The second-order valence-electron chi connectivity index (χ2n) is 5.57. The van der Waals surface area contributed by atoms with Crippen molar-refractivity contribution in [2.24, 2.45) is 5.92 Å². The van der Waals surface area contributed by atoms with Crippen LogP contribution in [0, 0.1) is 33.6 Å². The minimum absolute atomic E-state index is 0.456. The summed E-state index contributed by atoms with van der Waals surface area (Å²) >= 11 is 0. The van der Waals surface area contributed by atoms with Gasteiger partial charge in [0.15, 0.2) is 0 Å². The molecule has 2 aromatic rings. The van der Waals surface area contributed by atoms with Gasteiger partial charge >= 0.3 is 0 Å². The van der Waals surface area contributed by atoms with E-state index in [9.17, 15) is 0 Å². The molecule has 5 nitrogen and oxygen atoms in total. The molecular weight excluding hydrogens is 250 g/mol. The first kappa shape index (κ1) is 14.5. The molecule has 0 amide bonds. The van der Waals surface area contributed by atoms with Crippen molar-refractivity contribution in [1.29, 1.82) is 0 Å². The number of aromatic nitrogens is 4. The maximum absolute atomic E-state index is 4.49. The molecule has 1 atom stereocenters. The molecule has 1 N–H and O–H groups in total. The Bertz CT molecular complexity index is 568. The topological polar surface area (TPSA) is 55.6 Å². The summed E-state index contributed by atoms with van der Waals surface area (Å²) in [6.07, 6.45) is 0. The molecule has 0 spiro atoms. The molecule has 108 valence electrons. The Morgan fingerprint density at radius 1 is 1.05 bits per heavy atom. The lowest BCUT2D eigenvalue weighted by atomic mass is 10.2. The number of nitrogens with zero attached hydrogens (tertiary/aromatic N) is 4. The third-order valence-electron chi connectivity index (χ3n) is 3.18. The third kappa shape index (κ3) is 3.79. The lowest BCUT2D eigenvalue weighted by Crippen LogP contribution is -2.19. The first-order valence-electron chi connectivity index (χ1n) is 7.01. The molecule has 0 bridgehead atoms. The van der Waals surface area contributed by atoms with Crippen LogP contribution < -0.4 is 5.32 Å². The Morgan fingerprint density at radius 2 is 1.70 bits per heavy atom. The van der Waals surface area contributed by atoms with E-state index in [2.05, 4.69) is 45.0 Å². The van der Waals surface area contributed by atoms with Gasteiger partial charge in [0.25, 0.3) is 0 Å². The number of aryl methyl sites for hydroxylation is 4. The molecule has 0 aliphatic carbocycles. The van der Waals surface area contributed by atoms with Gasteiger partial charge in [-0.2, -0.15) is 5.10 Å². The number of anilines is 1. The summed E-state index contributed by atoms with van der Waals surface area (Å²) in [7, 11) is 0.